The Kier molecular flexibility index (Phi) is 17.4. The van der Waals surface area contributed by atoms with Gasteiger partial charge >= 0.3 is 0 Å². The van der Waals surface area contributed by atoms with Crippen LogP contribution in [-0.4, -0.2) is 142 Å². The summed E-state index contributed by atoms with van der Waals surface area (Å²) in [4.78, 5) is 76.9. The number of piperazine rings is 1. The summed E-state index contributed by atoms with van der Waals surface area (Å²) in [6.07, 6.45) is 6.62. The van der Waals surface area contributed by atoms with Crippen LogP contribution >= 0.6 is 23.2 Å². The first-order chi connectivity index (χ1) is 33.0. The Bertz CT molecular complexity index is 2570. The summed E-state index contributed by atoms with van der Waals surface area (Å²) in [5.74, 6) is -1.48. The molecule has 0 radical (unpaired) electrons. The molecule has 18 nitrogen and oxygen atoms in total. The maximum absolute atomic E-state index is 13.3. The van der Waals surface area contributed by atoms with E-state index in [9.17, 15) is 24.0 Å². The van der Waals surface area contributed by atoms with E-state index in [4.69, 9.17) is 53.5 Å². The van der Waals surface area contributed by atoms with Crippen molar-refractivity contribution in [1.82, 2.24) is 25.0 Å². The van der Waals surface area contributed by atoms with Gasteiger partial charge in [0.1, 0.15) is 18.4 Å². The molecule has 3 aliphatic heterocycles. The van der Waals surface area contributed by atoms with E-state index in [0.29, 0.717) is 75.1 Å². The number of fused-ring (bicyclic) bond motifs is 2. The smallest absolute Gasteiger partial charge is 0.264 e. The molecule has 4 aromatic rings. The van der Waals surface area contributed by atoms with Crippen molar-refractivity contribution < 1.29 is 47.7 Å². The molecule has 1 aromatic heterocycles. The molecule has 5 amide bonds. The quantitative estimate of drug-likeness (QED) is 0.0396. The Balaban J connectivity index is 0.728. The van der Waals surface area contributed by atoms with Crippen LogP contribution in [0.1, 0.15) is 65.7 Å². The van der Waals surface area contributed by atoms with Crippen LogP contribution in [0.2, 0.25) is 10.0 Å². The van der Waals surface area contributed by atoms with E-state index in [2.05, 4.69) is 35.6 Å². The van der Waals surface area contributed by atoms with Gasteiger partial charge in [-0.25, -0.2) is 4.85 Å². The zero-order valence-electron chi connectivity index (χ0n) is 38.0. The molecule has 1 unspecified atom stereocenters. The van der Waals surface area contributed by atoms with Crippen LogP contribution in [-0.2, 0) is 23.9 Å². The van der Waals surface area contributed by atoms with Gasteiger partial charge < -0.3 is 44.1 Å². The van der Waals surface area contributed by atoms with Crippen LogP contribution in [0.15, 0.2) is 48.7 Å². The summed E-state index contributed by atoms with van der Waals surface area (Å²) >= 11 is 12.7. The minimum atomic E-state index is -1.10. The molecule has 68 heavy (non-hydrogen) atoms. The van der Waals surface area contributed by atoms with Crippen LogP contribution in [0.3, 0.4) is 0 Å². The minimum Gasteiger partial charge on any atom is -0.495 e. The number of aromatic nitrogens is 1. The van der Waals surface area contributed by atoms with E-state index in [1.165, 1.54) is 25.4 Å². The molecule has 20 heteroatoms. The molecule has 2 saturated heterocycles. The molecule has 1 atom stereocenters. The Labute approximate surface area is 404 Å². The number of halogens is 2. The number of unbranched alkanes of at least 4 members (excludes halogenated alkanes) is 3. The van der Waals surface area contributed by atoms with Crippen LogP contribution in [0.25, 0.3) is 15.7 Å². The molecular formula is C48H54Cl2N8O10. The number of methoxy groups -OCH3 is 2. The highest BCUT2D eigenvalue weighted by molar-refractivity contribution is 6.37. The average Bonchev–Trinajstić information content (AvgIpc) is 3.59. The van der Waals surface area contributed by atoms with Crippen LogP contribution in [0.4, 0.5) is 22.7 Å². The minimum absolute atomic E-state index is 0.00435. The van der Waals surface area contributed by atoms with E-state index < -0.39 is 35.6 Å². The Hall–Kier alpha value is -6.07. The van der Waals surface area contributed by atoms with Gasteiger partial charge in [0.2, 0.25) is 23.4 Å². The molecule has 3 N–H and O–H groups in total. The third-order valence-electron chi connectivity index (χ3n) is 12.0. The van der Waals surface area contributed by atoms with Gasteiger partial charge in [0, 0.05) is 69.5 Å². The van der Waals surface area contributed by atoms with Crippen molar-refractivity contribution >= 4 is 86.4 Å². The van der Waals surface area contributed by atoms with Crippen molar-refractivity contribution in [3.8, 4) is 17.2 Å². The van der Waals surface area contributed by atoms with Gasteiger partial charge in [-0.05, 0) is 56.5 Å². The molecule has 360 valence electrons. The predicted octanol–water partition coefficient (Wildman–Crippen LogP) is 6.87. The first kappa shape index (κ1) is 49.8. The highest BCUT2D eigenvalue weighted by atomic mass is 35.5. The van der Waals surface area contributed by atoms with Crippen molar-refractivity contribution in [3.63, 3.8) is 0 Å². The van der Waals surface area contributed by atoms with Crippen LogP contribution in [0.5, 0.6) is 17.2 Å². The second kappa shape index (κ2) is 23.8. The number of benzene rings is 3. The third-order valence-corrected chi connectivity index (χ3v) is 12.6. The van der Waals surface area contributed by atoms with Gasteiger partial charge in [-0.2, -0.15) is 0 Å². The number of ether oxygens (including phenoxy) is 5. The maximum Gasteiger partial charge on any atom is 0.264 e. The zero-order chi connectivity index (χ0) is 48.2. The van der Waals surface area contributed by atoms with E-state index in [1.54, 1.807) is 25.3 Å². The normalized spacial score (nSPS) is 16.4. The number of imide groups is 2. The lowest BCUT2D eigenvalue weighted by Gasteiger charge is -2.34. The number of hydrogen-bond donors (Lipinski definition) is 3. The molecule has 0 aliphatic carbocycles. The summed E-state index contributed by atoms with van der Waals surface area (Å²) in [5.41, 5.74) is 2.22. The van der Waals surface area contributed by atoms with Crippen LogP contribution < -0.4 is 30.2 Å². The van der Waals surface area contributed by atoms with Gasteiger partial charge in [0.25, 0.3) is 11.8 Å². The van der Waals surface area contributed by atoms with E-state index in [0.717, 1.165) is 76.3 Å². The monoisotopic (exact) mass is 972 g/mol. The lowest BCUT2D eigenvalue weighted by Crippen LogP contribution is -2.54. The van der Waals surface area contributed by atoms with Crippen molar-refractivity contribution in [2.24, 2.45) is 0 Å². The second-order valence-corrected chi connectivity index (χ2v) is 17.2. The Morgan fingerprint density at radius 1 is 0.824 bits per heavy atom. The highest BCUT2D eigenvalue weighted by Gasteiger charge is 2.45. The van der Waals surface area contributed by atoms with Crippen molar-refractivity contribution in [2.45, 2.75) is 51.0 Å². The van der Waals surface area contributed by atoms with Gasteiger partial charge in [-0.15, -0.1) is 0 Å². The number of amides is 5. The number of carbonyl (C=O) groups excluding carboxylic acids is 5. The molecule has 4 heterocycles. The van der Waals surface area contributed by atoms with Crippen molar-refractivity contribution in [2.75, 3.05) is 97.2 Å². The number of nitrogens with zero attached hydrogens (tertiary/aromatic N) is 5. The highest BCUT2D eigenvalue weighted by Crippen LogP contribution is 2.43. The fourth-order valence-electron chi connectivity index (χ4n) is 8.38. The summed E-state index contributed by atoms with van der Waals surface area (Å²) in [7, 11) is 3.10. The first-order valence-corrected chi connectivity index (χ1v) is 23.3. The lowest BCUT2D eigenvalue weighted by atomic mass is 10.0. The van der Waals surface area contributed by atoms with Crippen LogP contribution in [0, 0.1) is 6.57 Å². The molecule has 7 rings (SSSR count). The lowest BCUT2D eigenvalue weighted by molar-refractivity contribution is -0.136. The topological polar surface area (TPSA) is 195 Å². The number of nitrogens with one attached hydrogen (secondary N) is 3. The largest absolute Gasteiger partial charge is 0.495 e. The van der Waals surface area contributed by atoms with E-state index in [1.807, 2.05) is 12.1 Å². The maximum atomic E-state index is 13.3. The fraction of sp³-hybridized carbons (Fsp3) is 0.438. The number of rotatable bonds is 23. The average molecular weight is 974 g/mol. The third kappa shape index (κ3) is 12.1. The predicted molar refractivity (Wildman–Crippen MR) is 256 cm³/mol. The van der Waals surface area contributed by atoms with Gasteiger partial charge in [0.05, 0.1) is 84.4 Å². The SMILES string of the molecule is [C-]#[N+]c1cnc2cc(OCCCN3CCN(CCCCCCOCCOCC(=O)Nc4cccc5c4C(=O)N(C4CCC(=O)NC4=O)C5=O)CC3)c(OC)cc2c1Nc1cc(OC)c(Cl)cc1Cl. The molecule has 2 fully saturated rings. The Morgan fingerprint density at radius 3 is 2.29 bits per heavy atom. The fourth-order valence-corrected chi connectivity index (χ4v) is 8.89. The summed E-state index contributed by atoms with van der Waals surface area (Å²) < 4.78 is 28.4. The van der Waals surface area contributed by atoms with Crippen molar-refractivity contribution in [3.05, 3.63) is 81.3 Å². The number of piperidine rings is 1. The molecule has 0 saturated carbocycles. The van der Waals surface area contributed by atoms with E-state index >= 15 is 0 Å². The summed E-state index contributed by atoms with van der Waals surface area (Å²) in [5, 5.41) is 9.50. The Morgan fingerprint density at radius 2 is 1.56 bits per heavy atom. The summed E-state index contributed by atoms with van der Waals surface area (Å²) in [6, 6.07) is 10.3. The zero-order valence-corrected chi connectivity index (χ0v) is 39.5. The molecule has 3 aromatic carbocycles. The van der Waals surface area contributed by atoms with Gasteiger partial charge in [0.15, 0.2) is 11.5 Å². The first-order valence-electron chi connectivity index (χ1n) is 22.5. The van der Waals surface area contributed by atoms with Gasteiger partial charge in [-0.1, -0.05) is 42.1 Å². The number of anilines is 3. The summed E-state index contributed by atoms with van der Waals surface area (Å²) in [6.45, 7) is 15.2. The second-order valence-electron chi connectivity index (χ2n) is 16.4. The number of hydrogen-bond acceptors (Lipinski definition) is 14. The number of pyridine rings is 1. The molecule has 0 bridgehead atoms. The van der Waals surface area contributed by atoms with Gasteiger partial charge in [-0.3, -0.25) is 39.2 Å². The molecule has 3 aliphatic rings. The molecule has 0 spiro atoms. The standard InChI is InChI=1S/C48H54Cl2N8O10/c1-51-37-28-52-35-26-41(40(65-3)24-31(35)45(37)54-36-27-39(64-2)33(50)25-32(36)49)68-21-9-15-57-18-16-56(17-19-57)14-6-4-5-7-20-66-22-23-67-29-43(60)53-34-11-8-10-30-44(34)48(63)58(47(30)62)38-12-13-42(59)55-46(38)61/h8,10-11,24-28,38H,4-7,9,12-23,29H2,2-3H3,(H,52,54)(H,53,60)(H,55,59,61). The molecular weight excluding hydrogens is 919 g/mol. The van der Waals surface area contributed by atoms with E-state index in [-0.39, 0.29) is 42.9 Å². The van der Waals surface area contributed by atoms with Crippen molar-refractivity contribution in [1.29, 1.82) is 0 Å². The number of carbonyl (C=O) groups is 5.